The summed E-state index contributed by atoms with van der Waals surface area (Å²) >= 11 is 0. The molecule has 9 fully saturated rings. The van der Waals surface area contributed by atoms with E-state index in [1.807, 2.05) is 0 Å². The first-order chi connectivity index (χ1) is 76.3. The minimum atomic E-state index is -5.62. The van der Waals surface area contributed by atoms with E-state index in [1.54, 1.807) is 0 Å². The van der Waals surface area contributed by atoms with Gasteiger partial charge in [0.05, 0.1) is 148 Å². The maximum atomic E-state index is 13.9. The summed E-state index contributed by atoms with van der Waals surface area (Å²) in [5.74, 6) is -28.8. The number of carbonyl (C=O) groups excluding carboxylic acids is 3. The number of carbonyl (C=O) groups is 3. The van der Waals surface area contributed by atoms with Gasteiger partial charge in [0, 0.05) is 38.2 Å². The van der Waals surface area contributed by atoms with Gasteiger partial charge in [0.1, 0.15) is 78.7 Å². The van der Waals surface area contributed by atoms with E-state index in [1.165, 1.54) is 45.0 Å². The number of methoxy groups -OCH3 is 6. The van der Waals surface area contributed by atoms with Crippen molar-refractivity contribution >= 4 is 41.4 Å². The second-order valence-corrected chi connectivity index (χ2v) is 36.0. The molecule has 21 rings (SSSR count). The van der Waals surface area contributed by atoms with E-state index in [-0.39, 0.29) is 97.3 Å². The largest absolute Gasteiger partial charge is 0.525 e. The van der Waals surface area contributed by atoms with Gasteiger partial charge in [-0.1, -0.05) is 0 Å². The number of rotatable bonds is 21. The molecule has 51 heteroatoms. The fourth-order valence-corrected chi connectivity index (χ4v) is 19.9. The summed E-state index contributed by atoms with van der Waals surface area (Å²) in [5.41, 5.74) is -1.63. The molecule has 0 aromatic heterocycles. The first-order valence-electron chi connectivity index (χ1n) is 55.1. The standard InChI is InChI=1S/3C29H33O16P/c3*1-11-38-9-20-27(42-11)23(30)24(31)29(43-20)44-25-14-7-17-16(40-10-41-17)6-13(14)21(22-15(25)8-39-28(22)32)12-4-18(36-2)26(19(5-12)37-3)45-46(33,34)35/h3*4-7,11,15,20-25,27,29-31H,8-10H2,1-3H3,(H2,33,34,35)/t3*11-,15+,20-,21-,22+,23-,24-,25-,27-,29+/m111/s1/i2D3,3D3,9D2,10D2,21D;2D3,3D3,8D2,9D2,10D2;8D2,9D2,21D. The van der Waals surface area contributed by atoms with Crippen molar-refractivity contribution in [3.63, 3.8) is 0 Å². The molecule has 12 aliphatic heterocycles. The molecule has 0 radical (unpaired) electrons. The Hall–Kier alpha value is -9.54. The summed E-state index contributed by atoms with van der Waals surface area (Å²) in [6.07, 6.45) is -34.8. The molecule has 0 saturated carbocycles. The highest BCUT2D eigenvalue weighted by Gasteiger charge is 2.62. The molecular weight excluding hydrogens is 1910 g/mol. The Labute approximate surface area is 822 Å². The maximum absolute atomic E-state index is 13.9. The number of cyclic esters (lactones) is 3. The lowest BCUT2D eigenvalue weighted by Crippen LogP contribution is -2.63. The number of phosphoric acid groups is 3. The van der Waals surface area contributed by atoms with Crippen molar-refractivity contribution in [1.82, 2.24) is 0 Å². The van der Waals surface area contributed by atoms with Crippen LogP contribution >= 0.6 is 23.5 Å². The lowest BCUT2D eigenvalue weighted by atomic mass is 9.66. The van der Waals surface area contributed by atoms with E-state index in [9.17, 15) is 90.8 Å². The molecule has 15 aliphatic rings. The second-order valence-electron chi connectivity index (χ2n) is 32.5. The molecule has 48 nitrogen and oxygen atoms in total. The first-order valence-corrected chi connectivity index (χ1v) is 45.7. The Kier molecular flexibility index (Phi) is 19.1. The zero-order valence-corrected chi connectivity index (χ0v) is 73.6. The van der Waals surface area contributed by atoms with Gasteiger partial charge in [-0.2, -0.15) is 0 Å². The zero-order chi connectivity index (χ0) is 122. The molecule has 12 N–H and O–H groups in total. The summed E-state index contributed by atoms with van der Waals surface area (Å²) < 4.78 is 427. The Bertz CT molecular complexity index is 7010. The topological polar surface area (TPSA) is 622 Å². The SMILES string of the molecule is [2H]C([2H])([2H])Oc1cc([C@@H]2c3cc4c(cc3[C@@H](O[C@@H]3O[C@H]5[C@@H](O[C@H](C)OC5([2H])[2H])[C@H](O)[C@H]3O)[C@@H]3[C@@H]2C(=O)OC3([2H])[2H])OC([2H])([2H])O4)cc(OC([2H])([2H])[2H])c1OP(=O)(O)O.[2H]C([2H])([2H])Oc1cc([C@]2([2H])c3cc4c(cc3[C@@H](O[C@@H]3O[C@H]5[C@@H](O[C@H](C)OC5([2H])[2H])[C@H](O)[C@H]3O)[C@H]3COC(=O)[C@@H]32)OC([2H])([2H])O4)cc(OC([2H])([2H])[2H])c1OP(=O)(O)O.[2H]C1([2H])OC(=O)[C@H]2[C@H]1[C@H](O[C@@H]1O[C@H]3[C@@H](O[C@H](C)OC3([2H])[2H])[C@H](O)[C@H]1O)c1cc3c(cc1[C@@]2([2H])c1cc(OC)c(OP(=O)(O)O)c(OC)c1)OCO3. The first kappa shape index (κ1) is 68.6. The number of aliphatic hydroxyl groups excluding tert-OH is 6. The summed E-state index contributed by atoms with van der Waals surface area (Å²) in [5, 5.41) is 66.8. The Morgan fingerprint density at radius 3 is 1.02 bits per heavy atom. The molecule has 6 aromatic rings. The summed E-state index contributed by atoms with van der Waals surface area (Å²) in [6.45, 7) is -15.8. The number of fused-ring (bicyclic) bond motifs is 12. The van der Waals surface area contributed by atoms with Crippen LogP contribution in [-0.2, 0) is 99.1 Å². The predicted octanol–water partition coefficient (Wildman–Crippen LogP) is 3.31. The van der Waals surface area contributed by atoms with Crippen LogP contribution in [0.25, 0.3) is 0 Å². The molecule has 750 valence electrons. The van der Waals surface area contributed by atoms with Crippen LogP contribution < -0.4 is 70.4 Å². The van der Waals surface area contributed by atoms with Gasteiger partial charge >= 0.3 is 41.4 Å². The lowest BCUT2D eigenvalue weighted by Gasteiger charge is -2.47. The summed E-state index contributed by atoms with van der Waals surface area (Å²) in [6, 6.07) is 12.7. The third kappa shape index (κ3) is 18.3. The van der Waals surface area contributed by atoms with Gasteiger partial charge in [0.25, 0.3) is 0 Å². The third-order valence-electron chi connectivity index (χ3n) is 24.4. The molecule has 9 saturated heterocycles. The van der Waals surface area contributed by atoms with Crippen molar-refractivity contribution in [1.29, 1.82) is 0 Å². The van der Waals surface area contributed by atoms with Crippen molar-refractivity contribution in [2.45, 2.75) is 168 Å². The van der Waals surface area contributed by atoms with E-state index in [0.29, 0.717) is 0 Å². The van der Waals surface area contributed by atoms with E-state index < -0.39 is 351 Å². The average Bonchev–Trinajstić information content (AvgIpc) is 1.49. The van der Waals surface area contributed by atoms with Gasteiger partial charge in [-0.05, 0) is 144 Å². The molecule has 0 amide bonds. The maximum Gasteiger partial charge on any atom is 0.525 e. The number of aliphatic hydroxyl groups is 6. The molecule has 0 unspecified atom stereocenters. The Balaban J connectivity index is 0.000000153. The van der Waals surface area contributed by atoms with Gasteiger partial charge in [-0.25, -0.2) is 13.7 Å². The van der Waals surface area contributed by atoms with Crippen LogP contribution in [0.3, 0.4) is 0 Å². The molecule has 0 bridgehead atoms. The molecule has 0 spiro atoms. The highest BCUT2D eigenvalue weighted by Crippen LogP contribution is 2.64. The van der Waals surface area contributed by atoms with Crippen LogP contribution in [0.5, 0.6) is 86.2 Å². The van der Waals surface area contributed by atoms with Crippen molar-refractivity contribution in [3.05, 3.63) is 123 Å². The molecule has 12 heterocycles. The number of benzene rings is 6. The van der Waals surface area contributed by atoms with Crippen molar-refractivity contribution < 1.29 is 268 Å². The summed E-state index contributed by atoms with van der Waals surface area (Å²) in [4.78, 5) is 99.2. The quantitative estimate of drug-likeness (QED) is 0.0279. The predicted molar refractivity (Wildman–Crippen MR) is 448 cm³/mol. The fraction of sp³-hybridized carbons (Fsp3) is 0.552. The molecule has 30 atom stereocenters. The highest BCUT2D eigenvalue weighted by molar-refractivity contribution is 7.47. The summed E-state index contributed by atoms with van der Waals surface area (Å²) in [7, 11) is -27.7. The molecular formula is C87H99O48P3. The number of phosphoric ester groups is 3. The van der Waals surface area contributed by atoms with E-state index in [2.05, 4.69) is 9.05 Å². The molecule has 138 heavy (non-hydrogen) atoms. The third-order valence-corrected chi connectivity index (χ3v) is 25.6. The number of hydrogen-bond acceptors (Lipinski definition) is 42. The monoisotopic (exact) mass is 2030 g/mol. The highest BCUT2D eigenvalue weighted by atomic mass is 31.2. The lowest BCUT2D eigenvalue weighted by molar-refractivity contribution is -0.364. The smallest absolute Gasteiger partial charge is 0.493 e. The minimum absolute atomic E-state index is 0.0161. The Morgan fingerprint density at radius 1 is 0.355 bits per heavy atom. The van der Waals surface area contributed by atoms with Crippen LogP contribution in [0.4, 0.5) is 0 Å². The van der Waals surface area contributed by atoms with E-state index in [0.717, 1.165) is 62.8 Å². The van der Waals surface area contributed by atoms with Crippen LogP contribution in [-0.4, -0.2) is 291 Å². The van der Waals surface area contributed by atoms with E-state index in [4.69, 9.17) is 168 Å². The van der Waals surface area contributed by atoms with Crippen LogP contribution in [0, 0.1) is 35.5 Å². The number of hydrogen-bond donors (Lipinski definition) is 12. The molecule has 6 aromatic carbocycles. The molecule has 3 aliphatic carbocycles. The van der Waals surface area contributed by atoms with Gasteiger partial charge in [0.15, 0.2) is 107 Å². The van der Waals surface area contributed by atoms with Crippen molar-refractivity contribution in [3.8, 4) is 86.2 Å². The van der Waals surface area contributed by atoms with Crippen LogP contribution in [0.1, 0.15) is 145 Å². The van der Waals surface area contributed by atoms with Gasteiger partial charge in [0.2, 0.25) is 37.5 Å². The van der Waals surface area contributed by atoms with Crippen LogP contribution in [0.15, 0.2) is 72.8 Å². The van der Waals surface area contributed by atoms with E-state index >= 15 is 0 Å². The van der Waals surface area contributed by atoms with Crippen molar-refractivity contribution in [2.75, 3.05) is 102 Å². The van der Waals surface area contributed by atoms with Crippen LogP contribution in [0.2, 0.25) is 0 Å². The average molecular weight is 2030 g/mol. The van der Waals surface area contributed by atoms with Crippen molar-refractivity contribution in [2.24, 2.45) is 35.5 Å². The van der Waals surface area contributed by atoms with Gasteiger partial charge < -0.3 is 172 Å². The second kappa shape index (κ2) is 38.4. The fourth-order valence-electron chi connectivity index (χ4n) is 18.6. The zero-order valence-electron chi connectivity index (χ0n) is 98.9. The Morgan fingerprint density at radius 2 is 0.659 bits per heavy atom. The minimum Gasteiger partial charge on any atom is -0.493 e. The normalized spacial score (nSPS) is 41.6. The van der Waals surface area contributed by atoms with Gasteiger partial charge in [-0.3, -0.25) is 43.7 Å². The number of ether oxygens (including phenoxy) is 27. The number of esters is 3. The van der Waals surface area contributed by atoms with Gasteiger partial charge in [-0.15, -0.1) is 0 Å².